The second-order valence-corrected chi connectivity index (χ2v) is 5.32. The first-order chi connectivity index (χ1) is 9.45. The monoisotopic (exact) mass is 349 g/mol. The van der Waals surface area contributed by atoms with E-state index in [9.17, 15) is 4.79 Å². The lowest BCUT2D eigenvalue weighted by atomic mass is 10.0. The molecule has 0 fully saturated rings. The van der Waals surface area contributed by atoms with Gasteiger partial charge in [0.1, 0.15) is 5.15 Å². The van der Waals surface area contributed by atoms with E-state index in [1.165, 1.54) is 19.4 Å². The van der Waals surface area contributed by atoms with Gasteiger partial charge >= 0.3 is 5.97 Å². The van der Waals surface area contributed by atoms with Crippen molar-refractivity contribution in [1.29, 1.82) is 0 Å². The molecule has 3 nitrogen and oxygen atoms in total. The van der Waals surface area contributed by atoms with Crippen molar-refractivity contribution in [3.05, 3.63) is 50.2 Å². The van der Waals surface area contributed by atoms with Crippen LogP contribution in [0.15, 0.2) is 24.4 Å². The summed E-state index contributed by atoms with van der Waals surface area (Å²) in [4.78, 5) is 15.8. The van der Waals surface area contributed by atoms with Crippen molar-refractivity contribution in [3.63, 3.8) is 0 Å². The predicted octanol–water partition coefficient (Wildman–Crippen LogP) is 5.15. The summed E-state index contributed by atoms with van der Waals surface area (Å²) in [5.41, 5.74) is 1.23. The normalized spacial score (nSPS) is 10.4. The van der Waals surface area contributed by atoms with Gasteiger partial charge in [-0.05, 0) is 12.1 Å². The summed E-state index contributed by atoms with van der Waals surface area (Å²) >= 11 is 23.9. The minimum absolute atomic E-state index is 0.172. The summed E-state index contributed by atoms with van der Waals surface area (Å²) in [6.45, 7) is 0. The Hall–Kier alpha value is -1.000. The number of hydrogen-bond acceptors (Lipinski definition) is 3. The van der Waals surface area contributed by atoms with Crippen LogP contribution in [0.5, 0.6) is 0 Å². The van der Waals surface area contributed by atoms with E-state index in [0.29, 0.717) is 16.1 Å². The van der Waals surface area contributed by atoms with Gasteiger partial charge < -0.3 is 4.74 Å². The zero-order valence-corrected chi connectivity index (χ0v) is 13.1. The van der Waals surface area contributed by atoms with Gasteiger partial charge in [0.05, 0.1) is 27.7 Å². The molecular weight excluding hydrogens is 344 g/mol. The summed E-state index contributed by atoms with van der Waals surface area (Å²) in [6.07, 6.45) is 1.43. The van der Waals surface area contributed by atoms with Gasteiger partial charge in [-0.25, -0.2) is 9.78 Å². The maximum atomic E-state index is 11.8. The Labute approximate surface area is 135 Å². The third-order valence-electron chi connectivity index (χ3n) is 2.60. The lowest BCUT2D eigenvalue weighted by molar-refractivity contribution is 0.0601. The van der Waals surface area contributed by atoms with Crippen molar-refractivity contribution in [3.8, 4) is 11.1 Å². The SMILES string of the molecule is COC(=O)c1cc(Cl)ncc1-c1ccc(Cl)c(Cl)c1Cl. The molecule has 0 N–H and O–H groups in total. The van der Waals surface area contributed by atoms with Crippen LogP contribution in [0.1, 0.15) is 10.4 Å². The molecule has 0 saturated heterocycles. The molecule has 104 valence electrons. The number of hydrogen-bond donors (Lipinski definition) is 0. The van der Waals surface area contributed by atoms with E-state index in [1.807, 2.05) is 0 Å². The third-order valence-corrected chi connectivity index (χ3v) is 4.10. The number of carbonyl (C=O) groups excluding carboxylic acids is 1. The molecule has 20 heavy (non-hydrogen) atoms. The summed E-state index contributed by atoms with van der Waals surface area (Å²) in [6, 6.07) is 4.64. The fourth-order valence-electron chi connectivity index (χ4n) is 1.66. The summed E-state index contributed by atoms with van der Waals surface area (Å²) < 4.78 is 4.72. The van der Waals surface area contributed by atoms with E-state index in [0.717, 1.165) is 0 Å². The van der Waals surface area contributed by atoms with Crippen LogP contribution >= 0.6 is 46.4 Å². The van der Waals surface area contributed by atoms with Crippen LogP contribution in [0.4, 0.5) is 0 Å². The van der Waals surface area contributed by atoms with Gasteiger partial charge in [-0.2, -0.15) is 0 Å². The molecule has 0 radical (unpaired) electrons. The molecule has 1 aromatic heterocycles. The fraction of sp³-hybridized carbons (Fsp3) is 0.0769. The summed E-state index contributed by atoms with van der Waals surface area (Å²) in [5, 5.41) is 0.928. The van der Waals surface area contributed by atoms with Crippen LogP contribution in [-0.4, -0.2) is 18.1 Å². The van der Waals surface area contributed by atoms with E-state index >= 15 is 0 Å². The lowest BCUT2D eigenvalue weighted by Gasteiger charge is -2.11. The van der Waals surface area contributed by atoms with Gasteiger partial charge in [0.15, 0.2) is 0 Å². The molecule has 1 heterocycles. The zero-order valence-electron chi connectivity index (χ0n) is 10.1. The van der Waals surface area contributed by atoms with E-state index in [-0.39, 0.29) is 20.8 Å². The first-order valence-electron chi connectivity index (χ1n) is 5.33. The molecule has 0 aliphatic carbocycles. The minimum atomic E-state index is -0.550. The highest BCUT2D eigenvalue weighted by molar-refractivity contribution is 6.49. The smallest absolute Gasteiger partial charge is 0.338 e. The standard InChI is InChI=1S/C13H7Cl4NO2/c1-20-13(19)7-4-10(15)18-5-8(7)6-2-3-9(14)12(17)11(6)16/h2-5H,1H3. The zero-order chi connectivity index (χ0) is 14.9. The highest BCUT2D eigenvalue weighted by Gasteiger charge is 2.18. The molecule has 0 spiro atoms. The average molecular weight is 351 g/mol. The second-order valence-electron chi connectivity index (χ2n) is 3.77. The number of pyridine rings is 1. The minimum Gasteiger partial charge on any atom is -0.465 e. The Morgan fingerprint density at radius 3 is 2.45 bits per heavy atom. The fourth-order valence-corrected chi connectivity index (χ4v) is 2.45. The molecule has 0 atom stereocenters. The molecule has 2 rings (SSSR count). The van der Waals surface area contributed by atoms with Gasteiger partial charge in [0.2, 0.25) is 0 Å². The van der Waals surface area contributed by atoms with Crippen molar-refractivity contribution < 1.29 is 9.53 Å². The van der Waals surface area contributed by atoms with Crippen LogP contribution in [-0.2, 0) is 4.74 Å². The van der Waals surface area contributed by atoms with E-state index in [4.69, 9.17) is 51.1 Å². The van der Waals surface area contributed by atoms with Crippen molar-refractivity contribution in [2.24, 2.45) is 0 Å². The van der Waals surface area contributed by atoms with E-state index in [1.54, 1.807) is 12.1 Å². The highest BCUT2D eigenvalue weighted by atomic mass is 35.5. The van der Waals surface area contributed by atoms with Crippen molar-refractivity contribution in [1.82, 2.24) is 4.98 Å². The van der Waals surface area contributed by atoms with Crippen LogP contribution < -0.4 is 0 Å². The Balaban J connectivity index is 2.70. The topological polar surface area (TPSA) is 39.2 Å². The largest absolute Gasteiger partial charge is 0.465 e. The number of methoxy groups -OCH3 is 1. The number of esters is 1. The second kappa shape index (κ2) is 6.19. The van der Waals surface area contributed by atoms with Gasteiger partial charge in [-0.1, -0.05) is 52.5 Å². The van der Waals surface area contributed by atoms with Crippen molar-refractivity contribution in [2.45, 2.75) is 0 Å². The van der Waals surface area contributed by atoms with Gasteiger partial charge in [0.25, 0.3) is 0 Å². The van der Waals surface area contributed by atoms with Gasteiger partial charge in [-0.15, -0.1) is 0 Å². The first kappa shape index (κ1) is 15.4. The third kappa shape index (κ3) is 2.86. The molecule has 7 heteroatoms. The van der Waals surface area contributed by atoms with Crippen LogP contribution in [0.25, 0.3) is 11.1 Å². The predicted molar refractivity (Wildman–Crippen MR) is 81.1 cm³/mol. The summed E-state index contributed by atoms with van der Waals surface area (Å²) in [7, 11) is 1.27. The van der Waals surface area contributed by atoms with Gasteiger partial charge in [-0.3, -0.25) is 0 Å². The molecule has 0 aliphatic heterocycles. The maximum Gasteiger partial charge on any atom is 0.338 e. The quantitative estimate of drug-likeness (QED) is 0.427. The molecule has 0 aliphatic rings. The van der Waals surface area contributed by atoms with E-state index in [2.05, 4.69) is 4.98 Å². The Morgan fingerprint density at radius 1 is 1.10 bits per heavy atom. The Morgan fingerprint density at radius 2 is 1.80 bits per heavy atom. The lowest BCUT2D eigenvalue weighted by Crippen LogP contribution is -2.04. The molecule has 0 unspecified atom stereocenters. The van der Waals surface area contributed by atoms with Crippen molar-refractivity contribution in [2.75, 3.05) is 7.11 Å². The van der Waals surface area contributed by atoms with Crippen LogP contribution in [0, 0.1) is 0 Å². The molecule has 2 aromatic rings. The highest BCUT2D eigenvalue weighted by Crippen LogP contribution is 2.39. The molecule has 0 saturated carbocycles. The molecular formula is C13H7Cl4NO2. The van der Waals surface area contributed by atoms with Crippen LogP contribution in [0.2, 0.25) is 20.2 Å². The Kier molecular flexibility index (Phi) is 4.76. The van der Waals surface area contributed by atoms with Gasteiger partial charge in [0, 0.05) is 17.3 Å². The molecule has 0 bridgehead atoms. The molecule has 0 amide bonds. The number of aromatic nitrogens is 1. The number of halogens is 4. The number of benzene rings is 1. The van der Waals surface area contributed by atoms with Crippen molar-refractivity contribution >= 4 is 52.4 Å². The molecule has 1 aromatic carbocycles. The number of rotatable bonds is 2. The number of nitrogens with zero attached hydrogens (tertiary/aromatic N) is 1. The number of carbonyl (C=O) groups is 1. The maximum absolute atomic E-state index is 11.8. The average Bonchev–Trinajstić information content (AvgIpc) is 2.44. The van der Waals surface area contributed by atoms with E-state index < -0.39 is 5.97 Å². The first-order valence-corrected chi connectivity index (χ1v) is 6.84. The number of ether oxygens (including phenoxy) is 1. The summed E-state index contributed by atoms with van der Waals surface area (Å²) in [5.74, 6) is -0.550. The Bertz CT molecular complexity index is 688. The van der Waals surface area contributed by atoms with Crippen LogP contribution in [0.3, 0.4) is 0 Å².